The highest BCUT2D eigenvalue weighted by Crippen LogP contribution is 2.34. The topological polar surface area (TPSA) is 42.5 Å². The van der Waals surface area contributed by atoms with Crippen LogP contribution in [-0.4, -0.2) is 25.9 Å². The van der Waals surface area contributed by atoms with Gasteiger partial charge < -0.3 is 20.1 Å². The van der Waals surface area contributed by atoms with Crippen molar-refractivity contribution in [2.75, 3.05) is 25.7 Å². The summed E-state index contributed by atoms with van der Waals surface area (Å²) in [6, 6.07) is 5.91. The first-order chi connectivity index (χ1) is 7.61. The molecule has 88 valence electrons. The van der Waals surface area contributed by atoms with Crippen LogP contribution in [0.25, 0.3) is 0 Å². The second-order valence-corrected chi connectivity index (χ2v) is 4.61. The van der Waals surface area contributed by atoms with E-state index in [-0.39, 0.29) is 5.54 Å². The molecule has 0 unspecified atom stereocenters. The van der Waals surface area contributed by atoms with E-state index >= 15 is 0 Å². The molecule has 1 heterocycles. The number of ether oxygens (including phenoxy) is 2. The number of likely N-dealkylation sites (N-methyl/N-ethyl adjacent to an activating group) is 1. The fraction of sp³-hybridized carbons (Fsp3) is 0.500. The number of hydrogen-bond acceptors (Lipinski definition) is 4. The predicted octanol–water partition coefficient (Wildman–Crippen LogP) is 1.83. The molecule has 0 saturated heterocycles. The number of rotatable bonds is 4. The molecule has 0 atom stereocenters. The Labute approximate surface area is 95.9 Å². The third-order valence-corrected chi connectivity index (χ3v) is 2.47. The van der Waals surface area contributed by atoms with Gasteiger partial charge in [-0.1, -0.05) is 0 Å². The van der Waals surface area contributed by atoms with Gasteiger partial charge in [0.05, 0.1) is 0 Å². The van der Waals surface area contributed by atoms with Crippen LogP contribution in [0, 0.1) is 0 Å². The molecular formula is C12H18N2O2. The Kier molecular flexibility index (Phi) is 2.92. The van der Waals surface area contributed by atoms with Gasteiger partial charge in [-0.2, -0.15) is 0 Å². The van der Waals surface area contributed by atoms with Gasteiger partial charge in [0.1, 0.15) is 0 Å². The van der Waals surface area contributed by atoms with Crippen molar-refractivity contribution in [3.05, 3.63) is 18.2 Å². The van der Waals surface area contributed by atoms with E-state index in [1.165, 1.54) is 0 Å². The lowest BCUT2D eigenvalue weighted by Crippen LogP contribution is -2.40. The highest BCUT2D eigenvalue weighted by molar-refractivity contribution is 5.56. The zero-order chi connectivity index (χ0) is 11.6. The summed E-state index contributed by atoms with van der Waals surface area (Å²) in [5, 5.41) is 6.61. The maximum atomic E-state index is 5.34. The Morgan fingerprint density at radius 1 is 1.25 bits per heavy atom. The van der Waals surface area contributed by atoms with E-state index in [0.717, 1.165) is 23.7 Å². The smallest absolute Gasteiger partial charge is 0.231 e. The average Bonchev–Trinajstić information content (AvgIpc) is 2.63. The van der Waals surface area contributed by atoms with Crippen LogP contribution in [0.2, 0.25) is 0 Å². The van der Waals surface area contributed by atoms with E-state index < -0.39 is 0 Å². The molecule has 0 radical (unpaired) electrons. The maximum Gasteiger partial charge on any atom is 0.231 e. The van der Waals surface area contributed by atoms with Crippen LogP contribution < -0.4 is 20.1 Å². The highest BCUT2D eigenvalue weighted by Gasteiger charge is 2.18. The van der Waals surface area contributed by atoms with Crippen molar-refractivity contribution in [2.24, 2.45) is 0 Å². The minimum Gasteiger partial charge on any atom is -0.454 e. The molecule has 2 rings (SSSR count). The van der Waals surface area contributed by atoms with Crippen LogP contribution in [0.15, 0.2) is 18.2 Å². The normalized spacial score (nSPS) is 13.9. The molecule has 0 aromatic heterocycles. The van der Waals surface area contributed by atoms with Gasteiger partial charge in [0.2, 0.25) is 6.79 Å². The largest absolute Gasteiger partial charge is 0.454 e. The Hall–Kier alpha value is -1.42. The first-order valence-corrected chi connectivity index (χ1v) is 5.43. The molecule has 16 heavy (non-hydrogen) atoms. The van der Waals surface area contributed by atoms with E-state index in [1.807, 2.05) is 25.2 Å². The molecule has 0 bridgehead atoms. The molecule has 1 aliphatic heterocycles. The molecule has 4 heteroatoms. The quantitative estimate of drug-likeness (QED) is 0.815. The summed E-state index contributed by atoms with van der Waals surface area (Å²) in [5.74, 6) is 1.63. The van der Waals surface area contributed by atoms with Gasteiger partial charge in [0, 0.05) is 23.8 Å². The Morgan fingerprint density at radius 2 is 2.00 bits per heavy atom. The number of anilines is 1. The summed E-state index contributed by atoms with van der Waals surface area (Å²) in [6.07, 6.45) is 0. The second kappa shape index (κ2) is 4.22. The number of hydrogen-bond donors (Lipinski definition) is 2. The minimum atomic E-state index is 0.00243. The van der Waals surface area contributed by atoms with Crippen molar-refractivity contribution in [3.8, 4) is 11.5 Å². The lowest BCUT2D eigenvalue weighted by molar-refractivity contribution is 0.174. The third kappa shape index (κ3) is 2.39. The Balaban J connectivity index is 2.10. The first-order valence-electron chi connectivity index (χ1n) is 5.43. The van der Waals surface area contributed by atoms with Crippen LogP contribution in [0.1, 0.15) is 13.8 Å². The van der Waals surface area contributed by atoms with Gasteiger partial charge in [-0.05, 0) is 33.0 Å². The van der Waals surface area contributed by atoms with Gasteiger partial charge in [-0.3, -0.25) is 0 Å². The van der Waals surface area contributed by atoms with Gasteiger partial charge in [-0.15, -0.1) is 0 Å². The van der Waals surface area contributed by atoms with Crippen molar-refractivity contribution >= 4 is 5.69 Å². The molecule has 0 fully saturated rings. The predicted molar refractivity (Wildman–Crippen MR) is 64.2 cm³/mol. The van der Waals surface area contributed by atoms with Crippen molar-refractivity contribution < 1.29 is 9.47 Å². The van der Waals surface area contributed by atoms with E-state index in [9.17, 15) is 0 Å². The van der Waals surface area contributed by atoms with E-state index in [2.05, 4.69) is 24.5 Å². The fourth-order valence-electron chi connectivity index (χ4n) is 1.85. The summed E-state index contributed by atoms with van der Waals surface area (Å²) < 4.78 is 10.6. The van der Waals surface area contributed by atoms with Gasteiger partial charge in [0.15, 0.2) is 11.5 Å². The van der Waals surface area contributed by atoms with Crippen LogP contribution in [0.5, 0.6) is 11.5 Å². The molecule has 0 amide bonds. The monoisotopic (exact) mass is 222 g/mol. The summed E-state index contributed by atoms with van der Waals surface area (Å²) in [5.41, 5.74) is 1.05. The summed E-state index contributed by atoms with van der Waals surface area (Å²) in [4.78, 5) is 0. The Bertz CT molecular complexity index is 377. The van der Waals surface area contributed by atoms with Crippen molar-refractivity contribution in [3.63, 3.8) is 0 Å². The van der Waals surface area contributed by atoms with Crippen LogP contribution in [-0.2, 0) is 0 Å². The molecule has 1 aliphatic rings. The van der Waals surface area contributed by atoms with Crippen molar-refractivity contribution in [2.45, 2.75) is 19.4 Å². The third-order valence-electron chi connectivity index (χ3n) is 2.47. The average molecular weight is 222 g/mol. The van der Waals surface area contributed by atoms with E-state index in [0.29, 0.717) is 6.79 Å². The van der Waals surface area contributed by atoms with Crippen LogP contribution >= 0.6 is 0 Å². The summed E-state index contributed by atoms with van der Waals surface area (Å²) in [6.45, 7) is 5.50. The molecular weight excluding hydrogens is 204 g/mol. The maximum absolute atomic E-state index is 5.34. The number of benzene rings is 1. The molecule has 0 saturated carbocycles. The minimum absolute atomic E-state index is 0.00243. The zero-order valence-electron chi connectivity index (χ0n) is 9.96. The lowest BCUT2D eigenvalue weighted by atomic mass is 10.1. The van der Waals surface area contributed by atoms with E-state index in [4.69, 9.17) is 9.47 Å². The molecule has 4 nitrogen and oxygen atoms in total. The van der Waals surface area contributed by atoms with Crippen molar-refractivity contribution in [1.82, 2.24) is 5.32 Å². The molecule has 2 N–H and O–H groups in total. The van der Waals surface area contributed by atoms with Gasteiger partial charge in [0.25, 0.3) is 0 Å². The highest BCUT2D eigenvalue weighted by atomic mass is 16.7. The Morgan fingerprint density at radius 3 is 2.75 bits per heavy atom. The summed E-state index contributed by atoms with van der Waals surface area (Å²) >= 11 is 0. The zero-order valence-corrected chi connectivity index (χ0v) is 9.96. The van der Waals surface area contributed by atoms with Crippen LogP contribution in [0.4, 0.5) is 5.69 Å². The molecule has 1 aromatic carbocycles. The van der Waals surface area contributed by atoms with Crippen molar-refractivity contribution in [1.29, 1.82) is 0 Å². The number of fused-ring (bicyclic) bond motifs is 1. The summed E-state index contributed by atoms with van der Waals surface area (Å²) in [7, 11) is 1.95. The fourth-order valence-corrected chi connectivity index (χ4v) is 1.85. The van der Waals surface area contributed by atoms with E-state index in [1.54, 1.807) is 0 Å². The second-order valence-electron chi connectivity index (χ2n) is 4.61. The lowest BCUT2D eigenvalue weighted by Gasteiger charge is -2.27. The van der Waals surface area contributed by atoms with Crippen LogP contribution in [0.3, 0.4) is 0 Å². The van der Waals surface area contributed by atoms with Gasteiger partial charge in [-0.25, -0.2) is 0 Å². The molecule has 0 spiro atoms. The number of nitrogens with one attached hydrogen (secondary N) is 2. The molecule has 0 aliphatic carbocycles. The molecule has 1 aromatic rings. The first kappa shape index (κ1) is 11.1. The SMILES string of the molecule is CNCC(C)(C)Nc1ccc2c(c1)OCO2. The standard InChI is InChI=1S/C12H18N2O2/c1-12(2,7-13-3)14-9-4-5-10-11(6-9)16-8-15-10/h4-6,13-14H,7-8H2,1-3H3. The van der Waals surface area contributed by atoms with Gasteiger partial charge >= 0.3 is 0 Å².